The molecule has 2 aliphatic heterocycles. The Morgan fingerprint density at radius 3 is 2.19 bits per heavy atom. The molecule has 0 spiro atoms. The zero-order valence-electron chi connectivity index (χ0n) is 33.9. The first kappa shape index (κ1) is 41.4. The lowest BCUT2D eigenvalue weighted by atomic mass is 9.69. The Kier molecular flexibility index (Phi) is 12.2. The Balaban J connectivity index is 1.18. The number of allylic oxidation sites excluding steroid dienone is 1. The van der Waals surface area contributed by atoms with Crippen LogP contribution in [0, 0.1) is 21.3 Å². The summed E-state index contributed by atoms with van der Waals surface area (Å²) in [4.78, 5) is 31.2. The van der Waals surface area contributed by atoms with Gasteiger partial charge in [0.1, 0.15) is 0 Å². The zero-order chi connectivity index (χ0) is 41.3. The quantitative estimate of drug-likeness (QED) is 0.0417. The minimum atomic E-state index is -2.93. The summed E-state index contributed by atoms with van der Waals surface area (Å²) < 4.78 is 20.6. The second kappa shape index (κ2) is 17.3. The molecule has 1 N–H and O–H groups in total. The predicted octanol–water partition coefficient (Wildman–Crippen LogP) is 9.48. The topological polar surface area (TPSA) is 85.3 Å². The number of nitrogens with zero attached hydrogens (tertiary/aromatic N) is 1. The standard InChI is InChI=1S/C49H50INO6SSi/c1-49(2,3)59(37-18-10-6-11-19-37,38-20-12-7-13-21-38)57-30-35-28-39-45(48(54)51(47(39)53)29-36-17-14-24-58-36)40-31-56-42(44(35)40)23-22-34(33-15-8-5-9-16-33)25-32-26-41(50)46(52)43(27-32)55-4/h5-21,24-27,39-40,42,45,52H,22-23,28-31H2,1-4H3/b34-25-/t39-,40+,42-,45-/m1/s1. The molecule has 1 aromatic heterocycles. The van der Waals surface area contributed by atoms with Gasteiger partial charge in [-0.15, -0.1) is 11.3 Å². The van der Waals surface area contributed by atoms with E-state index in [9.17, 15) is 14.7 Å². The zero-order valence-corrected chi connectivity index (χ0v) is 37.9. The summed E-state index contributed by atoms with van der Waals surface area (Å²) in [6.07, 6.45) is 3.74. The normalized spacial score (nSPS) is 20.9. The number of rotatable bonds is 13. The largest absolute Gasteiger partial charge is 0.504 e. The highest BCUT2D eigenvalue weighted by Gasteiger charge is 2.58. The van der Waals surface area contributed by atoms with Crippen LogP contribution in [0.2, 0.25) is 5.04 Å². The highest BCUT2D eigenvalue weighted by Crippen LogP contribution is 2.51. The Morgan fingerprint density at radius 1 is 0.915 bits per heavy atom. The van der Waals surface area contributed by atoms with E-state index >= 15 is 0 Å². The van der Waals surface area contributed by atoms with Gasteiger partial charge in [-0.25, -0.2) is 0 Å². The van der Waals surface area contributed by atoms with Gasteiger partial charge in [-0.05, 0) is 109 Å². The van der Waals surface area contributed by atoms with E-state index in [1.165, 1.54) is 15.3 Å². The van der Waals surface area contributed by atoms with Crippen molar-refractivity contribution >= 4 is 76.1 Å². The first-order valence-corrected chi connectivity index (χ1v) is 24.2. The highest BCUT2D eigenvalue weighted by atomic mass is 127. The summed E-state index contributed by atoms with van der Waals surface area (Å²) in [6.45, 7) is 7.87. The van der Waals surface area contributed by atoms with E-state index in [2.05, 4.69) is 122 Å². The molecule has 1 aliphatic carbocycles. The van der Waals surface area contributed by atoms with E-state index in [-0.39, 0.29) is 34.6 Å². The van der Waals surface area contributed by atoms with Crippen LogP contribution in [0.5, 0.6) is 11.5 Å². The molecule has 0 saturated carbocycles. The van der Waals surface area contributed by atoms with Crippen LogP contribution in [0.25, 0.3) is 11.6 Å². The molecule has 4 aromatic carbocycles. The van der Waals surface area contributed by atoms with Crippen LogP contribution in [0.3, 0.4) is 0 Å². The van der Waals surface area contributed by atoms with Gasteiger partial charge in [0.2, 0.25) is 11.8 Å². The number of carbonyl (C=O) groups is 2. The number of ether oxygens (including phenoxy) is 2. The van der Waals surface area contributed by atoms with Crippen molar-refractivity contribution in [2.75, 3.05) is 20.3 Å². The molecule has 0 unspecified atom stereocenters. The van der Waals surface area contributed by atoms with Crippen LogP contribution >= 0.6 is 33.9 Å². The third-order valence-electron chi connectivity index (χ3n) is 12.3. The first-order valence-electron chi connectivity index (χ1n) is 20.3. The molecule has 2 fully saturated rings. The SMILES string of the molecule is COc1cc(/C=C(/CC[C@H]2OC[C@H]3C2=C(CO[Si](c2ccccc2)(c2ccccc2)C(C)(C)C)C[C@H]2C(=O)N(Cc4cccs4)C(=O)[C@H]23)c2ccccc2)cc(I)c1O. The molecule has 304 valence electrons. The number of hydrogen-bond acceptors (Lipinski definition) is 7. The monoisotopic (exact) mass is 935 g/mol. The second-order valence-electron chi connectivity index (χ2n) is 16.7. The van der Waals surface area contributed by atoms with E-state index in [1.54, 1.807) is 18.4 Å². The number of halogens is 1. The van der Waals surface area contributed by atoms with Crippen LogP contribution in [0.15, 0.2) is 132 Å². The van der Waals surface area contributed by atoms with Gasteiger partial charge in [0, 0.05) is 10.8 Å². The van der Waals surface area contributed by atoms with Crippen molar-refractivity contribution in [2.45, 2.75) is 57.7 Å². The van der Waals surface area contributed by atoms with Crippen molar-refractivity contribution in [3.8, 4) is 11.5 Å². The number of benzene rings is 4. The van der Waals surface area contributed by atoms with E-state index in [4.69, 9.17) is 13.9 Å². The summed E-state index contributed by atoms with van der Waals surface area (Å²) in [5.41, 5.74) is 5.37. The van der Waals surface area contributed by atoms with Gasteiger partial charge in [-0.2, -0.15) is 0 Å². The maximum atomic E-state index is 14.4. The number of fused-ring (bicyclic) bond motifs is 3. The lowest BCUT2D eigenvalue weighted by Gasteiger charge is -2.44. The molecule has 5 aromatic rings. The van der Waals surface area contributed by atoms with Crippen LogP contribution in [0.1, 0.15) is 56.0 Å². The van der Waals surface area contributed by atoms with Crippen molar-refractivity contribution in [3.63, 3.8) is 0 Å². The Labute approximate surface area is 366 Å². The highest BCUT2D eigenvalue weighted by molar-refractivity contribution is 14.1. The van der Waals surface area contributed by atoms with Gasteiger partial charge in [-0.3, -0.25) is 14.5 Å². The maximum Gasteiger partial charge on any atom is 0.261 e. The maximum absolute atomic E-state index is 14.4. The lowest BCUT2D eigenvalue weighted by molar-refractivity contribution is -0.140. The lowest BCUT2D eigenvalue weighted by Crippen LogP contribution is -2.66. The fourth-order valence-corrected chi connectivity index (χ4v) is 15.5. The summed E-state index contributed by atoms with van der Waals surface area (Å²) >= 11 is 3.70. The van der Waals surface area contributed by atoms with Gasteiger partial charge in [0.05, 0.1) is 48.4 Å². The molecule has 10 heteroatoms. The Morgan fingerprint density at radius 2 is 1.58 bits per heavy atom. The van der Waals surface area contributed by atoms with Gasteiger partial charge >= 0.3 is 0 Å². The number of carbonyl (C=O) groups excluding carboxylic acids is 2. The van der Waals surface area contributed by atoms with Gasteiger partial charge in [-0.1, -0.05) is 124 Å². The average Bonchev–Trinajstić information content (AvgIpc) is 3.98. The molecule has 0 bridgehead atoms. The number of likely N-dealkylation sites (tertiary alicyclic amines) is 1. The van der Waals surface area contributed by atoms with Crippen molar-refractivity contribution in [2.24, 2.45) is 17.8 Å². The summed E-state index contributed by atoms with van der Waals surface area (Å²) in [6, 6.07) is 39.4. The van der Waals surface area contributed by atoms with E-state index in [1.807, 2.05) is 47.8 Å². The van der Waals surface area contributed by atoms with E-state index < -0.39 is 20.2 Å². The van der Waals surface area contributed by atoms with Crippen molar-refractivity contribution in [1.29, 1.82) is 0 Å². The summed E-state index contributed by atoms with van der Waals surface area (Å²) in [5.74, 6) is -0.763. The third-order valence-corrected chi connectivity index (χ3v) is 19.0. The van der Waals surface area contributed by atoms with Crippen LogP contribution in [0.4, 0.5) is 0 Å². The number of thiophene rings is 1. The Bertz CT molecular complexity index is 2320. The van der Waals surface area contributed by atoms with Gasteiger partial charge < -0.3 is 19.0 Å². The molecule has 3 heterocycles. The van der Waals surface area contributed by atoms with E-state index in [0.717, 1.165) is 32.7 Å². The van der Waals surface area contributed by atoms with Gasteiger partial charge in [0.25, 0.3) is 8.32 Å². The predicted molar refractivity (Wildman–Crippen MR) is 246 cm³/mol. The number of phenols is 1. The summed E-state index contributed by atoms with van der Waals surface area (Å²) in [7, 11) is -1.37. The molecule has 2 amide bonds. The molecule has 59 heavy (non-hydrogen) atoms. The fraction of sp³-hybridized carbons (Fsp3) is 0.306. The van der Waals surface area contributed by atoms with Crippen LogP contribution < -0.4 is 15.1 Å². The Hall–Kier alpha value is -4.33. The number of aromatic hydroxyl groups is 1. The van der Waals surface area contributed by atoms with Crippen LogP contribution in [-0.4, -0.2) is 56.6 Å². The van der Waals surface area contributed by atoms with Crippen molar-refractivity contribution in [1.82, 2.24) is 4.90 Å². The second-order valence-corrected chi connectivity index (χ2v) is 23.2. The average molecular weight is 936 g/mol. The molecule has 3 aliphatic rings. The van der Waals surface area contributed by atoms with Crippen LogP contribution in [-0.2, 0) is 25.3 Å². The number of phenolic OH excluding ortho intramolecular Hbond substituents is 1. The van der Waals surface area contributed by atoms with Crippen molar-refractivity contribution in [3.05, 3.63) is 151 Å². The van der Waals surface area contributed by atoms with Gasteiger partial charge in [0.15, 0.2) is 11.5 Å². The fourth-order valence-electron chi connectivity index (χ4n) is 9.61. The minimum absolute atomic E-state index is 0.0900. The third kappa shape index (κ3) is 8.02. The number of hydrogen-bond donors (Lipinski definition) is 1. The first-order chi connectivity index (χ1) is 28.5. The molecule has 8 rings (SSSR count). The smallest absolute Gasteiger partial charge is 0.261 e. The minimum Gasteiger partial charge on any atom is -0.504 e. The van der Waals surface area contributed by atoms with Crippen molar-refractivity contribution < 1.29 is 28.6 Å². The number of imide groups is 1. The number of amides is 2. The molecular formula is C49H50INO6SSi. The molecule has 0 radical (unpaired) electrons. The number of methoxy groups -OCH3 is 1. The summed E-state index contributed by atoms with van der Waals surface area (Å²) in [5, 5.41) is 14.7. The molecule has 7 nitrogen and oxygen atoms in total. The molecule has 2 saturated heterocycles. The molecular weight excluding hydrogens is 886 g/mol. The van der Waals surface area contributed by atoms with E-state index in [0.29, 0.717) is 48.3 Å². The molecule has 4 atom stereocenters.